The zero-order valence-corrected chi connectivity index (χ0v) is 9.16. The SMILES string of the molecule is NC(c1cnns1)c1cnccc1C(F)(F)F. The van der Waals surface area contributed by atoms with Gasteiger partial charge in [0.2, 0.25) is 0 Å². The van der Waals surface area contributed by atoms with E-state index in [0.717, 1.165) is 30.0 Å². The van der Waals surface area contributed by atoms with E-state index in [1.807, 2.05) is 0 Å². The van der Waals surface area contributed by atoms with Crippen molar-refractivity contribution in [3.63, 3.8) is 0 Å². The first kappa shape index (κ1) is 11.9. The third kappa shape index (κ3) is 2.42. The topological polar surface area (TPSA) is 64.7 Å². The maximum Gasteiger partial charge on any atom is 0.416 e. The monoisotopic (exact) mass is 260 g/mol. The number of aromatic nitrogens is 3. The summed E-state index contributed by atoms with van der Waals surface area (Å²) in [7, 11) is 0. The highest BCUT2D eigenvalue weighted by atomic mass is 32.1. The summed E-state index contributed by atoms with van der Waals surface area (Å²) in [5, 5.41) is 3.55. The van der Waals surface area contributed by atoms with Gasteiger partial charge in [0.1, 0.15) is 0 Å². The van der Waals surface area contributed by atoms with Crippen LogP contribution in [0.2, 0.25) is 0 Å². The second-order valence-corrected chi connectivity index (χ2v) is 4.08. The van der Waals surface area contributed by atoms with Gasteiger partial charge < -0.3 is 5.73 Å². The van der Waals surface area contributed by atoms with Crippen LogP contribution in [0.15, 0.2) is 24.7 Å². The summed E-state index contributed by atoms with van der Waals surface area (Å²) in [6.45, 7) is 0. The minimum absolute atomic E-state index is 0.0777. The Morgan fingerprint density at radius 3 is 2.65 bits per heavy atom. The van der Waals surface area contributed by atoms with Gasteiger partial charge in [0.25, 0.3) is 0 Å². The molecule has 0 bridgehead atoms. The Hall–Kier alpha value is -1.54. The van der Waals surface area contributed by atoms with Crippen LogP contribution in [0, 0.1) is 0 Å². The van der Waals surface area contributed by atoms with E-state index >= 15 is 0 Å². The molecule has 2 rings (SSSR count). The Morgan fingerprint density at radius 1 is 1.29 bits per heavy atom. The van der Waals surface area contributed by atoms with E-state index < -0.39 is 17.8 Å². The lowest BCUT2D eigenvalue weighted by Crippen LogP contribution is -2.18. The molecule has 0 spiro atoms. The molecular formula is C9H7F3N4S. The van der Waals surface area contributed by atoms with E-state index in [4.69, 9.17) is 5.73 Å². The smallest absolute Gasteiger partial charge is 0.319 e. The molecule has 0 fully saturated rings. The third-order valence-electron chi connectivity index (χ3n) is 2.18. The highest BCUT2D eigenvalue weighted by Gasteiger charge is 2.35. The molecule has 0 saturated heterocycles. The van der Waals surface area contributed by atoms with Gasteiger partial charge in [0, 0.05) is 18.0 Å². The highest BCUT2D eigenvalue weighted by molar-refractivity contribution is 7.05. The van der Waals surface area contributed by atoms with Crippen molar-refractivity contribution in [1.82, 2.24) is 14.6 Å². The normalized spacial score (nSPS) is 13.6. The molecule has 2 aromatic heterocycles. The van der Waals surface area contributed by atoms with Gasteiger partial charge in [-0.2, -0.15) is 13.2 Å². The van der Waals surface area contributed by atoms with Crippen molar-refractivity contribution >= 4 is 11.5 Å². The zero-order valence-electron chi connectivity index (χ0n) is 8.35. The minimum Gasteiger partial charge on any atom is -0.319 e. The molecule has 8 heteroatoms. The van der Waals surface area contributed by atoms with Crippen LogP contribution in [0.5, 0.6) is 0 Å². The molecule has 0 radical (unpaired) electrons. The van der Waals surface area contributed by atoms with Crippen molar-refractivity contribution in [2.75, 3.05) is 0 Å². The van der Waals surface area contributed by atoms with E-state index in [2.05, 4.69) is 14.6 Å². The van der Waals surface area contributed by atoms with E-state index in [1.54, 1.807) is 0 Å². The first-order chi connectivity index (χ1) is 8.00. The summed E-state index contributed by atoms with van der Waals surface area (Å²) < 4.78 is 41.8. The molecule has 2 heterocycles. The number of rotatable bonds is 2. The van der Waals surface area contributed by atoms with E-state index in [0.29, 0.717) is 4.88 Å². The number of nitrogens with zero attached hydrogens (tertiary/aromatic N) is 3. The molecule has 0 saturated carbocycles. The number of hydrogen-bond donors (Lipinski definition) is 1. The fraction of sp³-hybridized carbons (Fsp3) is 0.222. The molecule has 17 heavy (non-hydrogen) atoms. The molecule has 4 nitrogen and oxygen atoms in total. The maximum absolute atomic E-state index is 12.7. The lowest BCUT2D eigenvalue weighted by Gasteiger charge is -2.15. The number of alkyl halides is 3. The molecule has 90 valence electrons. The second kappa shape index (κ2) is 4.38. The molecule has 0 aliphatic rings. The largest absolute Gasteiger partial charge is 0.416 e. The second-order valence-electron chi connectivity index (χ2n) is 3.26. The van der Waals surface area contributed by atoms with Crippen molar-refractivity contribution < 1.29 is 13.2 Å². The predicted molar refractivity (Wildman–Crippen MR) is 55.2 cm³/mol. The van der Waals surface area contributed by atoms with Crippen LogP contribution in [-0.2, 0) is 6.18 Å². The van der Waals surface area contributed by atoms with Gasteiger partial charge in [0.05, 0.1) is 22.7 Å². The highest BCUT2D eigenvalue weighted by Crippen LogP contribution is 2.35. The zero-order chi connectivity index (χ0) is 12.5. The Bertz CT molecular complexity index is 497. The van der Waals surface area contributed by atoms with Crippen molar-refractivity contribution in [3.8, 4) is 0 Å². The van der Waals surface area contributed by atoms with Crippen molar-refractivity contribution in [1.29, 1.82) is 0 Å². The summed E-state index contributed by atoms with van der Waals surface area (Å²) in [6, 6.07) is -0.00996. The van der Waals surface area contributed by atoms with Gasteiger partial charge >= 0.3 is 6.18 Å². The minimum atomic E-state index is -4.45. The van der Waals surface area contributed by atoms with E-state index in [9.17, 15) is 13.2 Å². The average Bonchev–Trinajstić information content (AvgIpc) is 2.80. The number of hydrogen-bond acceptors (Lipinski definition) is 5. The molecular weight excluding hydrogens is 253 g/mol. The number of nitrogens with two attached hydrogens (primary N) is 1. The summed E-state index contributed by atoms with van der Waals surface area (Å²) in [5.74, 6) is 0. The van der Waals surface area contributed by atoms with Gasteiger partial charge in [-0.3, -0.25) is 4.98 Å². The van der Waals surface area contributed by atoms with Gasteiger partial charge in [-0.1, -0.05) is 4.49 Å². The van der Waals surface area contributed by atoms with Crippen LogP contribution in [-0.4, -0.2) is 14.6 Å². The predicted octanol–water partition coefficient (Wildman–Crippen LogP) is 2.00. The van der Waals surface area contributed by atoms with Crippen molar-refractivity contribution in [3.05, 3.63) is 40.7 Å². The summed E-state index contributed by atoms with van der Waals surface area (Å²) in [5.41, 5.74) is 4.89. The van der Waals surface area contributed by atoms with Crippen LogP contribution in [0.25, 0.3) is 0 Å². The van der Waals surface area contributed by atoms with Crippen LogP contribution in [0.1, 0.15) is 22.0 Å². The molecule has 2 aromatic rings. The Kier molecular flexibility index (Phi) is 3.07. The fourth-order valence-electron chi connectivity index (χ4n) is 1.38. The molecule has 0 aliphatic carbocycles. The van der Waals surface area contributed by atoms with Crippen molar-refractivity contribution in [2.45, 2.75) is 12.2 Å². The molecule has 1 unspecified atom stereocenters. The maximum atomic E-state index is 12.7. The van der Waals surface area contributed by atoms with Crippen molar-refractivity contribution in [2.24, 2.45) is 5.73 Å². The number of pyridine rings is 1. The third-order valence-corrected chi connectivity index (χ3v) is 2.92. The van der Waals surface area contributed by atoms with Gasteiger partial charge in [0.15, 0.2) is 0 Å². The van der Waals surface area contributed by atoms with E-state index in [1.165, 1.54) is 6.20 Å². The van der Waals surface area contributed by atoms with Crippen LogP contribution in [0.3, 0.4) is 0 Å². The first-order valence-electron chi connectivity index (χ1n) is 4.54. The molecule has 0 aliphatic heterocycles. The van der Waals surface area contributed by atoms with Gasteiger partial charge in [-0.05, 0) is 17.6 Å². The molecule has 2 N–H and O–H groups in total. The Labute approximate surface area is 98.5 Å². The average molecular weight is 260 g/mol. The molecule has 1 atom stereocenters. The van der Waals surface area contributed by atoms with Crippen LogP contribution >= 0.6 is 11.5 Å². The first-order valence-corrected chi connectivity index (χ1v) is 5.31. The Balaban J connectivity index is 2.46. The van der Waals surface area contributed by atoms with Crippen LogP contribution < -0.4 is 5.73 Å². The van der Waals surface area contributed by atoms with Gasteiger partial charge in [-0.25, -0.2) is 0 Å². The Morgan fingerprint density at radius 2 is 2.06 bits per heavy atom. The standard InChI is InChI=1S/C9H7F3N4S/c10-9(11,12)6-1-2-14-3-5(6)8(13)7-4-15-16-17-7/h1-4,8H,13H2. The summed E-state index contributed by atoms with van der Waals surface area (Å²) >= 11 is 0.964. The number of halogens is 3. The fourth-order valence-corrected chi connectivity index (χ4v) is 1.90. The van der Waals surface area contributed by atoms with E-state index in [-0.39, 0.29) is 5.56 Å². The summed E-state index contributed by atoms with van der Waals surface area (Å²) in [4.78, 5) is 4.14. The van der Waals surface area contributed by atoms with Gasteiger partial charge in [-0.15, -0.1) is 5.10 Å². The van der Waals surface area contributed by atoms with Crippen LogP contribution in [0.4, 0.5) is 13.2 Å². The summed E-state index contributed by atoms with van der Waals surface area (Å²) in [6.07, 6.45) is -0.895. The quantitative estimate of drug-likeness (QED) is 0.897. The lowest BCUT2D eigenvalue weighted by atomic mass is 10.0. The molecule has 0 aromatic carbocycles. The lowest BCUT2D eigenvalue weighted by molar-refractivity contribution is -0.138. The molecule has 0 amide bonds.